The molecular formula is C19H14F3NO2S. The molecule has 0 amide bonds. The van der Waals surface area contributed by atoms with Gasteiger partial charge in [-0.1, -0.05) is 35.9 Å². The number of hydrogen-bond donors (Lipinski definition) is 0. The molecule has 0 aliphatic carbocycles. The average Bonchev–Trinajstić information content (AvgIpc) is 3.08. The van der Waals surface area contributed by atoms with Gasteiger partial charge in [0.15, 0.2) is 0 Å². The lowest BCUT2D eigenvalue weighted by Crippen LogP contribution is -2.09. The van der Waals surface area contributed by atoms with E-state index in [1.807, 2.05) is 31.2 Å². The van der Waals surface area contributed by atoms with Gasteiger partial charge in [-0.05, 0) is 25.1 Å². The molecule has 134 valence electrons. The summed E-state index contributed by atoms with van der Waals surface area (Å²) in [7, 11) is 0. The minimum atomic E-state index is -4.51. The third-order valence-electron chi connectivity index (χ3n) is 3.63. The van der Waals surface area contributed by atoms with E-state index in [1.54, 1.807) is 5.38 Å². The molecule has 2 aromatic carbocycles. The highest BCUT2D eigenvalue weighted by atomic mass is 32.1. The summed E-state index contributed by atoms with van der Waals surface area (Å²) in [5, 5.41) is 2.55. The predicted molar refractivity (Wildman–Crippen MR) is 92.9 cm³/mol. The first-order valence-corrected chi connectivity index (χ1v) is 8.57. The van der Waals surface area contributed by atoms with Crippen molar-refractivity contribution in [3.05, 3.63) is 76.3 Å². The molecular weight excluding hydrogens is 363 g/mol. The third-order valence-corrected chi connectivity index (χ3v) is 4.57. The zero-order valence-electron chi connectivity index (χ0n) is 13.7. The summed E-state index contributed by atoms with van der Waals surface area (Å²) in [4.78, 5) is 16.4. The number of esters is 1. The minimum Gasteiger partial charge on any atom is -0.456 e. The third kappa shape index (κ3) is 4.29. The van der Waals surface area contributed by atoms with Crippen LogP contribution < -0.4 is 0 Å². The molecule has 1 aromatic heterocycles. The van der Waals surface area contributed by atoms with Gasteiger partial charge in [0.1, 0.15) is 11.6 Å². The zero-order chi connectivity index (χ0) is 18.7. The zero-order valence-corrected chi connectivity index (χ0v) is 14.5. The van der Waals surface area contributed by atoms with Gasteiger partial charge in [0, 0.05) is 10.9 Å². The minimum absolute atomic E-state index is 0.0998. The fourth-order valence-corrected chi connectivity index (χ4v) is 3.06. The van der Waals surface area contributed by atoms with Crippen LogP contribution in [0.4, 0.5) is 13.2 Å². The molecule has 0 radical (unpaired) electrons. The molecule has 0 atom stereocenters. The normalized spacial score (nSPS) is 11.4. The van der Waals surface area contributed by atoms with Crippen molar-refractivity contribution in [1.29, 1.82) is 0 Å². The second-order valence-electron chi connectivity index (χ2n) is 5.66. The molecule has 0 bridgehead atoms. The first-order chi connectivity index (χ1) is 12.3. The average molecular weight is 377 g/mol. The highest BCUT2D eigenvalue weighted by Crippen LogP contribution is 2.30. The standard InChI is InChI=1S/C19H14F3NO2S/c1-12-5-7-13(8-6-12)17-23-16(11-26-17)10-25-18(24)14-3-2-4-15(9-14)19(20,21)22/h2-9,11H,10H2,1H3. The quantitative estimate of drug-likeness (QED) is 0.564. The summed E-state index contributed by atoms with van der Waals surface area (Å²) in [6.45, 7) is 1.89. The van der Waals surface area contributed by atoms with Crippen molar-refractivity contribution < 1.29 is 22.7 Å². The SMILES string of the molecule is Cc1ccc(-c2nc(COC(=O)c3cccc(C(F)(F)F)c3)cs2)cc1. The van der Waals surface area contributed by atoms with Crippen LogP contribution in [0.25, 0.3) is 10.6 Å². The van der Waals surface area contributed by atoms with Gasteiger partial charge < -0.3 is 4.74 Å². The Balaban J connectivity index is 1.66. The molecule has 0 N–H and O–H groups in total. The van der Waals surface area contributed by atoms with Gasteiger partial charge in [0.05, 0.1) is 16.8 Å². The van der Waals surface area contributed by atoms with Gasteiger partial charge in [-0.2, -0.15) is 13.2 Å². The van der Waals surface area contributed by atoms with E-state index in [1.165, 1.54) is 23.5 Å². The summed E-state index contributed by atoms with van der Waals surface area (Å²) in [5.74, 6) is -0.819. The molecule has 0 aliphatic heterocycles. The number of aromatic nitrogens is 1. The maximum atomic E-state index is 12.7. The molecule has 1 heterocycles. The molecule has 0 aliphatic rings. The highest BCUT2D eigenvalue weighted by Gasteiger charge is 2.31. The van der Waals surface area contributed by atoms with Crippen LogP contribution in [0.15, 0.2) is 53.9 Å². The Labute approximate surface area is 152 Å². The monoisotopic (exact) mass is 377 g/mol. The highest BCUT2D eigenvalue weighted by molar-refractivity contribution is 7.13. The van der Waals surface area contributed by atoms with E-state index < -0.39 is 17.7 Å². The molecule has 0 saturated heterocycles. The number of nitrogens with zero attached hydrogens (tertiary/aromatic N) is 1. The van der Waals surface area contributed by atoms with Crippen molar-refractivity contribution in [2.24, 2.45) is 0 Å². The first-order valence-electron chi connectivity index (χ1n) is 7.69. The van der Waals surface area contributed by atoms with E-state index in [0.717, 1.165) is 28.3 Å². The maximum absolute atomic E-state index is 12.7. The Kier molecular flexibility index (Phi) is 5.08. The number of halogens is 3. The molecule has 26 heavy (non-hydrogen) atoms. The lowest BCUT2D eigenvalue weighted by molar-refractivity contribution is -0.137. The van der Waals surface area contributed by atoms with Crippen molar-refractivity contribution in [2.75, 3.05) is 0 Å². The number of thiazole rings is 1. The van der Waals surface area contributed by atoms with Crippen LogP contribution in [-0.2, 0) is 17.5 Å². The number of carbonyl (C=O) groups is 1. The van der Waals surface area contributed by atoms with E-state index in [-0.39, 0.29) is 12.2 Å². The van der Waals surface area contributed by atoms with E-state index in [4.69, 9.17) is 4.74 Å². The second kappa shape index (κ2) is 7.29. The summed E-state index contributed by atoms with van der Waals surface area (Å²) in [6.07, 6.45) is -4.51. The van der Waals surface area contributed by atoms with E-state index in [9.17, 15) is 18.0 Å². The molecule has 0 spiro atoms. The molecule has 7 heteroatoms. The predicted octanol–water partition coefficient (Wildman–Crippen LogP) is 5.49. The number of alkyl halides is 3. The van der Waals surface area contributed by atoms with Crippen LogP contribution in [0.3, 0.4) is 0 Å². The van der Waals surface area contributed by atoms with Gasteiger partial charge >= 0.3 is 12.1 Å². The summed E-state index contributed by atoms with van der Waals surface area (Å²) in [5.41, 5.74) is 1.61. The van der Waals surface area contributed by atoms with Crippen LogP contribution in [0.5, 0.6) is 0 Å². The molecule has 0 unspecified atom stereocenters. The van der Waals surface area contributed by atoms with Crippen molar-refractivity contribution >= 4 is 17.3 Å². The summed E-state index contributed by atoms with van der Waals surface area (Å²) in [6, 6.07) is 12.0. The Morgan fingerprint density at radius 1 is 1.15 bits per heavy atom. The van der Waals surface area contributed by atoms with Crippen molar-refractivity contribution in [2.45, 2.75) is 19.7 Å². The van der Waals surface area contributed by atoms with Crippen LogP contribution in [0.1, 0.15) is 27.2 Å². The Bertz CT molecular complexity index is 917. The fourth-order valence-electron chi connectivity index (χ4n) is 2.25. The van der Waals surface area contributed by atoms with Gasteiger partial charge in [-0.15, -0.1) is 11.3 Å². The topological polar surface area (TPSA) is 39.2 Å². The Morgan fingerprint density at radius 3 is 2.58 bits per heavy atom. The molecule has 3 nitrogen and oxygen atoms in total. The first kappa shape index (κ1) is 18.1. The lowest BCUT2D eigenvalue weighted by atomic mass is 10.1. The van der Waals surface area contributed by atoms with Crippen LogP contribution in [-0.4, -0.2) is 11.0 Å². The van der Waals surface area contributed by atoms with Crippen LogP contribution in [0.2, 0.25) is 0 Å². The number of benzene rings is 2. The Morgan fingerprint density at radius 2 is 1.88 bits per heavy atom. The van der Waals surface area contributed by atoms with Gasteiger partial charge in [0.2, 0.25) is 0 Å². The Hall–Kier alpha value is -2.67. The smallest absolute Gasteiger partial charge is 0.416 e. The summed E-state index contributed by atoms with van der Waals surface area (Å²) >= 11 is 1.41. The van der Waals surface area contributed by atoms with Crippen LogP contribution in [0, 0.1) is 6.92 Å². The number of hydrogen-bond acceptors (Lipinski definition) is 4. The van der Waals surface area contributed by atoms with Crippen LogP contribution >= 0.6 is 11.3 Å². The van der Waals surface area contributed by atoms with E-state index in [0.29, 0.717) is 5.69 Å². The van der Waals surface area contributed by atoms with Crippen molar-refractivity contribution in [1.82, 2.24) is 4.98 Å². The van der Waals surface area contributed by atoms with Gasteiger partial charge in [-0.3, -0.25) is 0 Å². The summed E-state index contributed by atoms with van der Waals surface area (Å²) < 4.78 is 43.2. The second-order valence-corrected chi connectivity index (χ2v) is 6.52. The largest absolute Gasteiger partial charge is 0.456 e. The maximum Gasteiger partial charge on any atom is 0.416 e. The van der Waals surface area contributed by atoms with Gasteiger partial charge in [-0.25, -0.2) is 9.78 Å². The van der Waals surface area contributed by atoms with E-state index >= 15 is 0 Å². The number of ether oxygens (including phenoxy) is 1. The number of aryl methyl sites for hydroxylation is 1. The van der Waals surface area contributed by atoms with E-state index in [2.05, 4.69) is 4.98 Å². The molecule has 0 fully saturated rings. The lowest BCUT2D eigenvalue weighted by Gasteiger charge is -2.08. The van der Waals surface area contributed by atoms with Gasteiger partial charge in [0.25, 0.3) is 0 Å². The number of carbonyl (C=O) groups excluding carboxylic acids is 1. The number of rotatable bonds is 4. The van der Waals surface area contributed by atoms with Crippen molar-refractivity contribution in [3.63, 3.8) is 0 Å². The molecule has 3 rings (SSSR count). The molecule has 3 aromatic rings. The molecule has 0 saturated carbocycles. The fraction of sp³-hybridized carbons (Fsp3) is 0.158. The van der Waals surface area contributed by atoms with Crippen molar-refractivity contribution in [3.8, 4) is 10.6 Å².